The topological polar surface area (TPSA) is 92.5 Å². The highest BCUT2D eigenvalue weighted by atomic mass is 32.2. The number of hydrogen-bond acceptors (Lipinski definition) is 4. The molecule has 2 atom stereocenters. The molecule has 5 rings (SSSR count). The van der Waals surface area contributed by atoms with Crippen LogP contribution in [0.5, 0.6) is 0 Å². The second-order valence-electron chi connectivity index (χ2n) is 9.70. The van der Waals surface area contributed by atoms with E-state index in [9.17, 15) is 17.6 Å². The number of carbonyl (C=O) groups is 1. The average Bonchev–Trinajstić information content (AvgIpc) is 3.76. The Morgan fingerprint density at radius 1 is 0.872 bits per heavy atom. The SMILES string of the molecule is NCc1ccc(CNC(=O)CN(C2CC2c2ccccc2)S(=O)(=O)c2ccc(-c3cccc(F)c3)cc2)cc1. The highest BCUT2D eigenvalue weighted by molar-refractivity contribution is 7.89. The molecule has 1 amide bonds. The molecular weight excluding hydrogens is 513 g/mol. The minimum absolute atomic E-state index is 0.0177. The summed E-state index contributed by atoms with van der Waals surface area (Å²) in [6, 6.07) is 29.5. The van der Waals surface area contributed by atoms with Gasteiger partial charge in [-0.1, -0.05) is 78.9 Å². The monoisotopic (exact) mass is 543 g/mol. The Morgan fingerprint density at radius 3 is 2.23 bits per heavy atom. The van der Waals surface area contributed by atoms with E-state index in [0.29, 0.717) is 24.1 Å². The number of benzene rings is 4. The van der Waals surface area contributed by atoms with Crippen LogP contribution in [0.15, 0.2) is 108 Å². The quantitative estimate of drug-likeness (QED) is 0.300. The molecule has 0 aromatic heterocycles. The van der Waals surface area contributed by atoms with Gasteiger partial charge in [0.05, 0.1) is 11.4 Å². The van der Waals surface area contributed by atoms with E-state index in [0.717, 1.165) is 16.7 Å². The lowest BCUT2D eigenvalue weighted by Gasteiger charge is -2.22. The summed E-state index contributed by atoms with van der Waals surface area (Å²) in [6.07, 6.45) is 0.637. The standard InChI is InChI=1S/C31H30FN3O3S/c32-27-8-4-7-26(17-27)24-13-15-28(16-14-24)39(37,38)35(30-18-29(30)25-5-2-1-3-6-25)21-31(36)34-20-23-11-9-22(19-33)10-12-23/h1-17,29-30H,18-21,33H2,(H,34,36). The number of nitrogens with two attached hydrogens (primary N) is 1. The van der Waals surface area contributed by atoms with E-state index in [1.807, 2.05) is 54.6 Å². The van der Waals surface area contributed by atoms with E-state index in [2.05, 4.69) is 5.32 Å². The van der Waals surface area contributed by atoms with Crippen LogP contribution in [-0.2, 0) is 27.9 Å². The predicted molar refractivity (Wildman–Crippen MR) is 149 cm³/mol. The minimum atomic E-state index is -3.99. The van der Waals surface area contributed by atoms with Gasteiger partial charge in [-0.05, 0) is 58.5 Å². The molecule has 1 saturated carbocycles. The fourth-order valence-corrected chi connectivity index (χ4v) is 6.38. The van der Waals surface area contributed by atoms with Crippen molar-refractivity contribution in [1.82, 2.24) is 9.62 Å². The van der Waals surface area contributed by atoms with E-state index in [-0.39, 0.29) is 41.7 Å². The van der Waals surface area contributed by atoms with Crippen molar-refractivity contribution in [3.05, 3.63) is 126 Å². The molecule has 8 heteroatoms. The molecule has 3 N–H and O–H groups in total. The second-order valence-corrected chi connectivity index (χ2v) is 11.6. The van der Waals surface area contributed by atoms with Crippen LogP contribution in [0, 0.1) is 5.82 Å². The van der Waals surface area contributed by atoms with Gasteiger partial charge in [0.1, 0.15) is 5.82 Å². The van der Waals surface area contributed by atoms with Crippen LogP contribution in [0.4, 0.5) is 4.39 Å². The maximum atomic E-state index is 13.8. The Morgan fingerprint density at radius 2 is 1.56 bits per heavy atom. The van der Waals surface area contributed by atoms with Gasteiger partial charge < -0.3 is 11.1 Å². The Balaban J connectivity index is 1.36. The number of carbonyl (C=O) groups excluding carboxylic acids is 1. The first-order valence-corrected chi connectivity index (χ1v) is 14.3. The van der Waals surface area contributed by atoms with Gasteiger partial charge in [0, 0.05) is 25.0 Å². The number of rotatable bonds is 10. The van der Waals surface area contributed by atoms with Crippen molar-refractivity contribution in [3.63, 3.8) is 0 Å². The summed E-state index contributed by atoms with van der Waals surface area (Å²) in [5, 5.41) is 2.85. The Kier molecular flexibility index (Phi) is 7.88. The molecule has 4 aromatic carbocycles. The Bertz CT molecular complexity index is 1540. The van der Waals surface area contributed by atoms with Gasteiger partial charge in [0.2, 0.25) is 15.9 Å². The second kappa shape index (κ2) is 11.5. The van der Waals surface area contributed by atoms with Gasteiger partial charge in [0.25, 0.3) is 0 Å². The summed E-state index contributed by atoms with van der Waals surface area (Å²) >= 11 is 0. The molecule has 1 aliphatic rings. The van der Waals surface area contributed by atoms with Crippen LogP contribution in [0.25, 0.3) is 11.1 Å². The first-order valence-electron chi connectivity index (χ1n) is 12.8. The largest absolute Gasteiger partial charge is 0.351 e. The third-order valence-corrected chi connectivity index (χ3v) is 8.91. The van der Waals surface area contributed by atoms with Crippen LogP contribution < -0.4 is 11.1 Å². The van der Waals surface area contributed by atoms with Gasteiger partial charge >= 0.3 is 0 Å². The van der Waals surface area contributed by atoms with Crippen molar-refractivity contribution in [2.45, 2.75) is 36.4 Å². The summed E-state index contributed by atoms with van der Waals surface area (Å²) in [7, 11) is -3.99. The summed E-state index contributed by atoms with van der Waals surface area (Å²) in [4.78, 5) is 13.1. The molecule has 2 unspecified atom stereocenters. The summed E-state index contributed by atoms with van der Waals surface area (Å²) in [5.41, 5.74) is 9.94. The summed E-state index contributed by atoms with van der Waals surface area (Å²) in [6.45, 7) is 0.433. The molecule has 1 aliphatic carbocycles. The molecule has 0 radical (unpaired) electrons. The number of halogens is 1. The maximum absolute atomic E-state index is 13.8. The molecule has 1 fully saturated rings. The van der Waals surface area contributed by atoms with E-state index < -0.39 is 10.0 Å². The lowest BCUT2D eigenvalue weighted by atomic mass is 10.1. The Labute approximate surface area is 228 Å². The lowest BCUT2D eigenvalue weighted by molar-refractivity contribution is -0.121. The van der Waals surface area contributed by atoms with Gasteiger partial charge in [-0.25, -0.2) is 12.8 Å². The van der Waals surface area contributed by atoms with Gasteiger partial charge in [0.15, 0.2) is 0 Å². The van der Waals surface area contributed by atoms with E-state index in [1.165, 1.54) is 28.6 Å². The van der Waals surface area contributed by atoms with Crippen LogP contribution in [0.3, 0.4) is 0 Å². The normalized spacial score (nSPS) is 16.7. The van der Waals surface area contributed by atoms with Crippen molar-refractivity contribution in [3.8, 4) is 11.1 Å². The van der Waals surface area contributed by atoms with Crippen molar-refractivity contribution in [2.24, 2.45) is 5.73 Å². The van der Waals surface area contributed by atoms with Gasteiger partial charge in [-0.15, -0.1) is 0 Å². The average molecular weight is 544 g/mol. The molecule has 200 valence electrons. The summed E-state index contributed by atoms with van der Waals surface area (Å²) < 4.78 is 42.7. The van der Waals surface area contributed by atoms with Gasteiger partial charge in [-0.2, -0.15) is 4.31 Å². The maximum Gasteiger partial charge on any atom is 0.243 e. The molecule has 4 aromatic rings. The number of nitrogens with zero attached hydrogens (tertiary/aromatic N) is 1. The van der Waals surface area contributed by atoms with Gasteiger partial charge in [-0.3, -0.25) is 4.79 Å². The van der Waals surface area contributed by atoms with Crippen LogP contribution in [0.1, 0.15) is 29.0 Å². The first kappa shape index (κ1) is 26.7. The number of hydrogen-bond donors (Lipinski definition) is 2. The summed E-state index contributed by atoms with van der Waals surface area (Å²) in [5.74, 6) is -0.724. The van der Waals surface area contributed by atoms with E-state index >= 15 is 0 Å². The molecule has 0 aliphatic heterocycles. The zero-order valence-electron chi connectivity index (χ0n) is 21.3. The molecule has 0 spiro atoms. The number of amides is 1. The Hall–Kier alpha value is -3.85. The first-order chi connectivity index (χ1) is 18.8. The van der Waals surface area contributed by atoms with Crippen molar-refractivity contribution in [2.75, 3.05) is 6.54 Å². The molecule has 6 nitrogen and oxygen atoms in total. The van der Waals surface area contributed by atoms with Crippen LogP contribution in [0.2, 0.25) is 0 Å². The lowest BCUT2D eigenvalue weighted by Crippen LogP contribution is -2.42. The smallest absolute Gasteiger partial charge is 0.243 e. The highest BCUT2D eigenvalue weighted by Crippen LogP contribution is 2.46. The molecule has 0 heterocycles. The molecule has 0 saturated heterocycles. The third-order valence-electron chi connectivity index (χ3n) is 7.02. The van der Waals surface area contributed by atoms with Crippen molar-refractivity contribution in [1.29, 1.82) is 0 Å². The zero-order valence-corrected chi connectivity index (χ0v) is 22.2. The van der Waals surface area contributed by atoms with E-state index in [1.54, 1.807) is 24.3 Å². The molecule has 0 bridgehead atoms. The predicted octanol–water partition coefficient (Wildman–Crippen LogP) is 4.81. The van der Waals surface area contributed by atoms with E-state index in [4.69, 9.17) is 5.73 Å². The fourth-order valence-electron chi connectivity index (χ4n) is 4.75. The zero-order chi connectivity index (χ0) is 27.4. The number of nitrogens with one attached hydrogen (secondary N) is 1. The van der Waals surface area contributed by atoms with Crippen LogP contribution >= 0.6 is 0 Å². The number of sulfonamides is 1. The van der Waals surface area contributed by atoms with Crippen molar-refractivity contribution >= 4 is 15.9 Å². The third kappa shape index (κ3) is 6.25. The van der Waals surface area contributed by atoms with Crippen LogP contribution in [-0.4, -0.2) is 31.2 Å². The molecular formula is C31H30FN3O3S. The van der Waals surface area contributed by atoms with Crippen molar-refractivity contribution < 1.29 is 17.6 Å². The highest BCUT2D eigenvalue weighted by Gasteiger charge is 2.48. The fraction of sp³-hybridized carbons (Fsp3) is 0.194. The molecule has 39 heavy (non-hydrogen) atoms. The minimum Gasteiger partial charge on any atom is -0.351 e.